The van der Waals surface area contributed by atoms with Crippen molar-refractivity contribution in [1.82, 2.24) is 9.38 Å². The van der Waals surface area contributed by atoms with Crippen molar-refractivity contribution in [1.29, 1.82) is 0 Å². The first-order chi connectivity index (χ1) is 10.1. The predicted molar refractivity (Wildman–Crippen MR) is 79.1 cm³/mol. The lowest BCUT2D eigenvalue weighted by molar-refractivity contribution is 0.0696. The van der Waals surface area contributed by atoms with E-state index < -0.39 is 5.97 Å². The number of aromatic nitrogens is 2. The molecule has 0 unspecified atom stereocenters. The molecule has 0 aliphatic carbocycles. The van der Waals surface area contributed by atoms with Crippen LogP contribution in [0.3, 0.4) is 0 Å². The van der Waals surface area contributed by atoms with Crippen molar-refractivity contribution in [2.75, 3.05) is 7.11 Å². The molecule has 0 bridgehead atoms. The first-order valence-electron chi connectivity index (χ1n) is 6.16. The molecule has 0 saturated carbocycles. The van der Waals surface area contributed by atoms with Gasteiger partial charge in [0, 0.05) is 6.20 Å². The summed E-state index contributed by atoms with van der Waals surface area (Å²) in [5, 5.41) is 9.43. The molecular weight excluding hydrogens is 292 g/mol. The predicted octanol–water partition coefficient (Wildman–Crippen LogP) is 3.36. The summed E-state index contributed by atoms with van der Waals surface area (Å²) in [6, 6.07) is 10.5. The number of carboxylic acids is 1. The van der Waals surface area contributed by atoms with Crippen molar-refractivity contribution in [3.63, 3.8) is 0 Å². The van der Waals surface area contributed by atoms with Gasteiger partial charge in [0.2, 0.25) is 0 Å². The Labute approximate surface area is 125 Å². The van der Waals surface area contributed by atoms with E-state index in [1.807, 2.05) is 24.3 Å². The molecule has 21 heavy (non-hydrogen) atoms. The molecule has 0 fully saturated rings. The molecule has 3 aromatic rings. The second-order valence-electron chi connectivity index (χ2n) is 4.40. The van der Waals surface area contributed by atoms with Gasteiger partial charge in [0.1, 0.15) is 11.6 Å². The first kappa shape index (κ1) is 13.5. The van der Waals surface area contributed by atoms with Gasteiger partial charge in [-0.05, 0) is 24.3 Å². The Kier molecular flexibility index (Phi) is 3.27. The molecule has 2 heterocycles. The number of hydrogen-bond acceptors (Lipinski definition) is 3. The van der Waals surface area contributed by atoms with E-state index in [1.165, 1.54) is 12.3 Å². The smallest absolute Gasteiger partial charge is 0.337 e. The summed E-state index contributed by atoms with van der Waals surface area (Å²) in [6.07, 6.45) is 1.50. The molecule has 0 saturated heterocycles. The Morgan fingerprint density at radius 3 is 2.76 bits per heavy atom. The Morgan fingerprint density at radius 1 is 1.29 bits per heavy atom. The fourth-order valence-electron chi connectivity index (χ4n) is 2.19. The molecule has 0 amide bonds. The fourth-order valence-corrected chi connectivity index (χ4v) is 2.43. The SMILES string of the molecule is COc1ccccc1-c1nc(Cl)c2ccc(C(=O)O)cn12. The standard InChI is InChI=1S/C15H11ClN2O3/c1-21-12-5-3-2-4-10(12)14-17-13(16)11-7-6-9(15(19)20)8-18(11)14/h2-8H,1H3,(H,19,20). The summed E-state index contributed by atoms with van der Waals surface area (Å²) in [5.74, 6) is 0.171. The number of imidazole rings is 1. The van der Waals surface area contributed by atoms with Crippen LogP contribution in [0.5, 0.6) is 5.75 Å². The third-order valence-electron chi connectivity index (χ3n) is 3.19. The van der Waals surface area contributed by atoms with E-state index in [4.69, 9.17) is 21.4 Å². The van der Waals surface area contributed by atoms with Crippen LogP contribution >= 0.6 is 11.6 Å². The van der Waals surface area contributed by atoms with Crippen molar-refractivity contribution in [2.24, 2.45) is 0 Å². The highest BCUT2D eigenvalue weighted by molar-refractivity contribution is 6.33. The van der Waals surface area contributed by atoms with E-state index >= 15 is 0 Å². The Bertz CT molecular complexity index is 842. The Balaban J connectivity index is 2.32. The number of halogens is 1. The molecule has 0 aliphatic heterocycles. The number of pyridine rings is 1. The van der Waals surface area contributed by atoms with Gasteiger partial charge in [0.25, 0.3) is 0 Å². The molecule has 1 N–H and O–H groups in total. The Hall–Kier alpha value is -2.53. The highest BCUT2D eigenvalue weighted by Crippen LogP contribution is 2.32. The van der Waals surface area contributed by atoms with Gasteiger partial charge in [-0.1, -0.05) is 23.7 Å². The molecular formula is C15H11ClN2O3. The third kappa shape index (κ3) is 2.21. The van der Waals surface area contributed by atoms with Gasteiger partial charge >= 0.3 is 5.97 Å². The summed E-state index contributed by atoms with van der Waals surface area (Å²) in [6.45, 7) is 0. The molecule has 0 aliphatic rings. The molecule has 2 aromatic heterocycles. The van der Waals surface area contributed by atoms with Gasteiger partial charge in [-0.3, -0.25) is 4.40 Å². The zero-order chi connectivity index (χ0) is 15.0. The van der Waals surface area contributed by atoms with Crippen LogP contribution in [0.2, 0.25) is 5.15 Å². The maximum atomic E-state index is 11.1. The topological polar surface area (TPSA) is 63.8 Å². The number of fused-ring (bicyclic) bond motifs is 1. The van der Waals surface area contributed by atoms with E-state index in [1.54, 1.807) is 17.6 Å². The van der Waals surface area contributed by atoms with Crippen LogP contribution < -0.4 is 4.74 Å². The van der Waals surface area contributed by atoms with Gasteiger partial charge < -0.3 is 9.84 Å². The largest absolute Gasteiger partial charge is 0.496 e. The van der Waals surface area contributed by atoms with Crippen molar-refractivity contribution >= 4 is 23.1 Å². The number of para-hydroxylation sites is 1. The molecule has 1 aromatic carbocycles. The van der Waals surface area contributed by atoms with E-state index in [0.717, 1.165) is 5.56 Å². The minimum Gasteiger partial charge on any atom is -0.496 e. The second kappa shape index (κ2) is 5.10. The maximum Gasteiger partial charge on any atom is 0.337 e. The van der Waals surface area contributed by atoms with Crippen molar-refractivity contribution in [2.45, 2.75) is 0 Å². The number of methoxy groups -OCH3 is 1. The monoisotopic (exact) mass is 302 g/mol. The zero-order valence-corrected chi connectivity index (χ0v) is 11.8. The molecule has 106 valence electrons. The average molecular weight is 303 g/mol. The van der Waals surface area contributed by atoms with E-state index in [-0.39, 0.29) is 5.56 Å². The lowest BCUT2D eigenvalue weighted by Crippen LogP contribution is -2.00. The number of carbonyl (C=O) groups is 1. The molecule has 5 nitrogen and oxygen atoms in total. The summed E-state index contributed by atoms with van der Waals surface area (Å²) in [7, 11) is 1.57. The van der Waals surface area contributed by atoms with Gasteiger partial charge in [-0.25, -0.2) is 9.78 Å². The number of hydrogen-bond donors (Lipinski definition) is 1. The minimum atomic E-state index is -1.01. The fraction of sp³-hybridized carbons (Fsp3) is 0.0667. The molecule has 0 spiro atoms. The van der Waals surface area contributed by atoms with Crippen LogP contribution in [0.15, 0.2) is 42.6 Å². The summed E-state index contributed by atoms with van der Waals surface area (Å²) >= 11 is 6.13. The number of benzene rings is 1. The third-order valence-corrected chi connectivity index (χ3v) is 3.47. The molecule has 0 atom stereocenters. The van der Waals surface area contributed by atoms with Gasteiger partial charge in [-0.2, -0.15) is 0 Å². The van der Waals surface area contributed by atoms with Crippen molar-refractivity contribution < 1.29 is 14.6 Å². The van der Waals surface area contributed by atoms with Crippen molar-refractivity contribution in [3.8, 4) is 17.1 Å². The minimum absolute atomic E-state index is 0.160. The highest BCUT2D eigenvalue weighted by Gasteiger charge is 2.16. The van der Waals surface area contributed by atoms with E-state index in [0.29, 0.717) is 22.2 Å². The van der Waals surface area contributed by atoms with Crippen LogP contribution in [0.4, 0.5) is 0 Å². The normalized spacial score (nSPS) is 10.8. The van der Waals surface area contributed by atoms with Gasteiger partial charge in [-0.15, -0.1) is 0 Å². The number of nitrogens with zero attached hydrogens (tertiary/aromatic N) is 2. The van der Waals surface area contributed by atoms with Crippen molar-refractivity contribution in [3.05, 3.63) is 53.3 Å². The molecule has 6 heteroatoms. The van der Waals surface area contributed by atoms with Crippen LogP contribution in [0.1, 0.15) is 10.4 Å². The summed E-state index contributed by atoms with van der Waals surface area (Å²) < 4.78 is 6.98. The van der Waals surface area contributed by atoms with Crippen LogP contribution in [-0.4, -0.2) is 27.6 Å². The van der Waals surface area contributed by atoms with Crippen LogP contribution in [0, 0.1) is 0 Å². The number of ether oxygens (including phenoxy) is 1. The average Bonchev–Trinajstić information content (AvgIpc) is 2.83. The maximum absolute atomic E-state index is 11.1. The summed E-state index contributed by atoms with van der Waals surface area (Å²) in [4.78, 5) is 15.5. The first-order valence-corrected chi connectivity index (χ1v) is 6.54. The second-order valence-corrected chi connectivity index (χ2v) is 4.76. The zero-order valence-electron chi connectivity index (χ0n) is 11.1. The molecule has 0 radical (unpaired) electrons. The highest BCUT2D eigenvalue weighted by atomic mass is 35.5. The number of carboxylic acid groups (broad SMARTS) is 1. The van der Waals surface area contributed by atoms with E-state index in [9.17, 15) is 4.79 Å². The lowest BCUT2D eigenvalue weighted by Gasteiger charge is -2.07. The van der Waals surface area contributed by atoms with Crippen LogP contribution in [-0.2, 0) is 0 Å². The van der Waals surface area contributed by atoms with E-state index in [2.05, 4.69) is 4.98 Å². The Morgan fingerprint density at radius 2 is 2.05 bits per heavy atom. The quantitative estimate of drug-likeness (QED) is 0.805. The molecule has 3 rings (SSSR count). The summed E-state index contributed by atoms with van der Waals surface area (Å²) in [5.41, 5.74) is 1.54. The number of aromatic carboxylic acids is 1. The van der Waals surface area contributed by atoms with Gasteiger partial charge in [0.15, 0.2) is 5.15 Å². The lowest BCUT2D eigenvalue weighted by atomic mass is 10.2. The van der Waals surface area contributed by atoms with Crippen LogP contribution in [0.25, 0.3) is 16.9 Å². The van der Waals surface area contributed by atoms with Gasteiger partial charge in [0.05, 0.1) is 23.8 Å². The number of rotatable bonds is 3.